The molecule has 2 N–H and O–H groups in total. The lowest BCUT2D eigenvalue weighted by atomic mass is 10.1. The number of guanidine groups is 1. The Balaban J connectivity index is 0.00000420. The number of nitrogens with zero attached hydrogens (tertiary/aromatic N) is 3. The number of halogens is 4. The summed E-state index contributed by atoms with van der Waals surface area (Å²) >= 11 is 0. The van der Waals surface area contributed by atoms with Crippen LogP contribution in [-0.2, 0) is 26.3 Å². The van der Waals surface area contributed by atoms with E-state index in [-0.39, 0.29) is 42.2 Å². The van der Waals surface area contributed by atoms with E-state index in [1.165, 1.54) is 13.2 Å². The van der Waals surface area contributed by atoms with Gasteiger partial charge in [-0.3, -0.25) is 9.67 Å². The van der Waals surface area contributed by atoms with Gasteiger partial charge in [0.05, 0.1) is 6.10 Å². The fourth-order valence-electron chi connectivity index (χ4n) is 2.66. The maximum atomic E-state index is 13.1. The Hall–Kier alpha value is -1.98. The second-order valence-corrected chi connectivity index (χ2v) is 6.73. The Kier molecular flexibility index (Phi) is 9.24. The van der Waals surface area contributed by atoms with E-state index in [4.69, 9.17) is 4.74 Å². The molecule has 0 atom stereocenters. The highest BCUT2D eigenvalue weighted by Gasteiger charge is 2.36. The smallest absolute Gasteiger partial charge is 0.435 e. The van der Waals surface area contributed by atoms with E-state index >= 15 is 0 Å². The first-order chi connectivity index (χ1) is 13.1. The number of ether oxygens (including phenoxy) is 1. The minimum absolute atomic E-state index is 0. The molecule has 0 unspecified atom stereocenters. The van der Waals surface area contributed by atoms with Gasteiger partial charge in [-0.25, -0.2) is 0 Å². The predicted molar refractivity (Wildman–Crippen MR) is 118 cm³/mol. The first-order valence-electron chi connectivity index (χ1n) is 8.90. The Morgan fingerprint density at radius 2 is 1.83 bits per heavy atom. The average Bonchev–Trinajstić information content (AvgIpc) is 2.97. The zero-order chi connectivity index (χ0) is 20.9. The molecule has 29 heavy (non-hydrogen) atoms. The van der Waals surface area contributed by atoms with Crippen molar-refractivity contribution < 1.29 is 17.9 Å². The molecule has 1 heterocycles. The van der Waals surface area contributed by atoms with Gasteiger partial charge >= 0.3 is 6.18 Å². The summed E-state index contributed by atoms with van der Waals surface area (Å²) in [6.45, 7) is 6.25. The van der Waals surface area contributed by atoms with Crippen molar-refractivity contribution in [3.63, 3.8) is 0 Å². The van der Waals surface area contributed by atoms with Gasteiger partial charge in [0.1, 0.15) is 5.75 Å². The maximum Gasteiger partial charge on any atom is 0.435 e. The fourth-order valence-corrected chi connectivity index (χ4v) is 2.66. The number of aryl methyl sites for hydroxylation is 2. The molecule has 2 rings (SSSR count). The SMILES string of the molecule is CN=C(NCc1ccc(C)cc1OC(C)C)NCc1cn(C)nc1C(F)(F)F.I. The third-order valence-corrected chi connectivity index (χ3v) is 3.87. The third-order valence-electron chi connectivity index (χ3n) is 3.87. The molecule has 1 aromatic heterocycles. The van der Waals surface area contributed by atoms with E-state index in [1.54, 1.807) is 7.05 Å². The molecule has 0 aliphatic rings. The summed E-state index contributed by atoms with van der Waals surface area (Å²) in [5.74, 6) is 1.15. The number of benzene rings is 1. The zero-order valence-electron chi connectivity index (χ0n) is 17.1. The average molecular weight is 525 g/mol. The number of nitrogens with one attached hydrogen (secondary N) is 2. The van der Waals surface area contributed by atoms with Gasteiger partial charge < -0.3 is 15.4 Å². The largest absolute Gasteiger partial charge is 0.491 e. The molecule has 0 saturated heterocycles. The lowest BCUT2D eigenvalue weighted by molar-refractivity contribution is -0.142. The minimum Gasteiger partial charge on any atom is -0.491 e. The number of aromatic nitrogens is 2. The Labute approximate surface area is 185 Å². The highest BCUT2D eigenvalue weighted by molar-refractivity contribution is 14.0. The van der Waals surface area contributed by atoms with Crippen LogP contribution in [0.5, 0.6) is 5.75 Å². The highest BCUT2D eigenvalue weighted by atomic mass is 127. The van der Waals surface area contributed by atoms with Crippen LogP contribution in [0.2, 0.25) is 0 Å². The van der Waals surface area contributed by atoms with E-state index in [0.29, 0.717) is 12.5 Å². The molecule has 10 heteroatoms. The van der Waals surface area contributed by atoms with Crippen molar-refractivity contribution in [1.82, 2.24) is 20.4 Å². The van der Waals surface area contributed by atoms with Crippen LogP contribution in [0.25, 0.3) is 0 Å². The molecule has 0 fully saturated rings. The molecular weight excluding hydrogens is 498 g/mol. The summed E-state index contributed by atoms with van der Waals surface area (Å²) in [5.41, 5.74) is 1.17. The van der Waals surface area contributed by atoms with Crippen molar-refractivity contribution in [2.45, 2.75) is 46.1 Å². The van der Waals surface area contributed by atoms with Crippen LogP contribution in [-0.4, -0.2) is 28.9 Å². The molecule has 162 valence electrons. The predicted octanol–water partition coefficient (Wildman–Crippen LogP) is 4.02. The van der Waals surface area contributed by atoms with Crippen molar-refractivity contribution in [3.8, 4) is 5.75 Å². The van der Waals surface area contributed by atoms with E-state index < -0.39 is 11.9 Å². The van der Waals surface area contributed by atoms with E-state index in [0.717, 1.165) is 21.6 Å². The van der Waals surface area contributed by atoms with Crippen molar-refractivity contribution in [1.29, 1.82) is 0 Å². The van der Waals surface area contributed by atoms with Crippen LogP contribution in [0.3, 0.4) is 0 Å². The summed E-state index contributed by atoms with van der Waals surface area (Å²) in [5, 5.41) is 9.50. The number of hydrogen-bond acceptors (Lipinski definition) is 3. The third kappa shape index (κ3) is 7.41. The molecule has 0 radical (unpaired) electrons. The molecule has 0 aliphatic carbocycles. The molecule has 2 aromatic rings. The van der Waals surface area contributed by atoms with Crippen molar-refractivity contribution in [2.75, 3.05) is 7.05 Å². The van der Waals surface area contributed by atoms with Gasteiger partial charge in [-0.05, 0) is 32.4 Å². The molecule has 0 saturated carbocycles. The van der Waals surface area contributed by atoms with Crippen LogP contribution in [0.15, 0.2) is 29.4 Å². The molecule has 1 aromatic carbocycles. The van der Waals surface area contributed by atoms with E-state index in [9.17, 15) is 13.2 Å². The molecule has 0 aliphatic heterocycles. The topological polar surface area (TPSA) is 63.5 Å². The van der Waals surface area contributed by atoms with Crippen LogP contribution in [0.4, 0.5) is 13.2 Å². The van der Waals surface area contributed by atoms with Crippen molar-refractivity contribution in [2.24, 2.45) is 12.0 Å². The molecular formula is C19H27F3IN5O. The van der Waals surface area contributed by atoms with Gasteiger partial charge in [0.25, 0.3) is 0 Å². The minimum atomic E-state index is -4.50. The fraction of sp³-hybridized carbons (Fsp3) is 0.474. The second-order valence-electron chi connectivity index (χ2n) is 6.73. The van der Waals surface area contributed by atoms with Gasteiger partial charge in [-0.15, -0.1) is 24.0 Å². The molecule has 0 spiro atoms. The number of aliphatic imine (C=N–C) groups is 1. The summed E-state index contributed by atoms with van der Waals surface area (Å²) in [6, 6.07) is 5.89. The first-order valence-corrected chi connectivity index (χ1v) is 8.90. The summed E-state index contributed by atoms with van der Waals surface area (Å²) < 4.78 is 46.2. The zero-order valence-corrected chi connectivity index (χ0v) is 19.4. The van der Waals surface area contributed by atoms with Crippen LogP contribution >= 0.6 is 24.0 Å². The van der Waals surface area contributed by atoms with Crippen molar-refractivity contribution in [3.05, 3.63) is 46.8 Å². The summed E-state index contributed by atoms with van der Waals surface area (Å²) in [7, 11) is 3.02. The number of hydrogen-bond donors (Lipinski definition) is 2. The Bertz CT molecular complexity index is 834. The van der Waals surface area contributed by atoms with Crippen LogP contribution in [0.1, 0.15) is 36.2 Å². The van der Waals surface area contributed by atoms with Gasteiger partial charge in [0, 0.05) is 44.5 Å². The van der Waals surface area contributed by atoms with Gasteiger partial charge in [0.2, 0.25) is 0 Å². The summed E-state index contributed by atoms with van der Waals surface area (Å²) in [6.07, 6.45) is -3.12. The monoisotopic (exact) mass is 525 g/mol. The number of rotatable bonds is 6. The Morgan fingerprint density at radius 3 is 2.38 bits per heavy atom. The van der Waals surface area contributed by atoms with Gasteiger partial charge in [-0.1, -0.05) is 12.1 Å². The number of alkyl halides is 3. The molecule has 0 bridgehead atoms. The highest BCUT2D eigenvalue weighted by Crippen LogP contribution is 2.30. The van der Waals surface area contributed by atoms with Crippen LogP contribution in [0, 0.1) is 6.92 Å². The first kappa shape index (κ1) is 25.1. The lowest BCUT2D eigenvalue weighted by Gasteiger charge is -2.17. The normalized spacial score (nSPS) is 12.0. The van der Waals surface area contributed by atoms with Gasteiger partial charge in [-0.2, -0.15) is 18.3 Å². The maximum absolute atomic E-state index is 13.1. The summed E-state index contributed by atoms with van der Waals surface area (Å²) in [4.78, 5) is 4.07. The molecule has 6 nitrogen and oxygen atoms in total. The second kappa shape index (κ2) is 10.7. The van der Waals surface area contributed by atoms with Gasteiger partial charge in [0.15, 0.2) is 11.7 Å². The van der Waals surface area contributed by atoms with Crippen molar-refractivity contribution >= 4 is 29.9 Å². The molecule has 0 amide bonds. The van der Waals surface area contributed by atoms with E-state index in [1.807, 2.05) is 39.0 Å². The van der Waals surface area contributed by atoms with Crippen LogP contribution < -0.4 is 15.4 Å². The standard InChI is InChI=1S/C19H26F3N5O.HI/c1-12(2)28-16-8-13(3)6-7-14(16)9-24-18(23-4)25-10-15-11-27(5)26-17(15)19(20,21)22;/h6-8,11-12H,9-10H2,1-5H3,(H2,23,24,25);1H. The lowest BCUT2D eigenvalue weighted by Crippen LogP contribution is -2.36. The van der Waals surface area contributed by atoms with E-state index in [2.05, 4.69) is 20.7 Å². The quantitative estimate of drug-likeness (QED) is 0.340. The Morgan fingerprint density at radius 1 is 1.21 bits per heavy atom.